The number of hydrogen-bond donors (Lipinski definition) is 0. The number of hydrogen-bond acceptors (Lipinski definition) is 6. The molecule has 1 unspecified atom stereocenters. The minimum absolute atomic E-state index is 0.0129. The van der Waals surface area contributed by atoms with Crippen molar-refractivity contribution in [3.05, 3.63) is 29.8 Å². The van der Waals surface area contributed by atoms with Gasteiger partial charge in [0.2, 0.25) is 23.6 Å². The highest BCUT2D eigenvalue weighted by molar-refractivity contribution is 6.11. The zero-order valence-electron chi connectivity index (χ0n) is 20.7. The largest absolute Gasteiger partial charge is 0.497 e. The van der Waals surface area contributed by atoms with E-state index in [2.05, 4.69) is 0 Å². The molecule has 0 radical (unpaired) electrons. The van der Waals surface area contributed by atoms with E-state index in [1.54, 1.807) is 29.2 Å². The third-order valence-corrected chi connectivity index (χ3v) is 7.63. The molecule has 1 aromatic carbocycles. The first kappa shape index (κ1) is 25.2. The number of imide groups is 1. The van der Waals surface area contributed by atoms with E-state index >= 15 is 0 Å². The van der Waals surface area contributed by atoms with Crippen LogP contribution < -0.4 is 4.74 Å². The van der Waals surface area contributed by atoms with E-state index in [0.29, 0.717) is 24.4 Å². The van der Waals surface area contributed by atoms with E-state index in [-0.39, 0.29) is 56.3 Å². The van der Waals surface area contributed by atoms with Crippen LogP contribution in [-0.4, -0.2) is 91.4 Å². The molecule has 2 heterocycles. The van der Waals surface area contributed by atoms with Gasteiger partial charge in [0.25, 0.3) is 0 Å². The van der Waals surface area contributed by atoms with Gasteiger partial charge in [0, 0.05) is 39.1 Å². The Morgan fingerprint density at radius 2 is 1.83 bits per heavy atom. The van der Waals surface area contributed by atoms with Crippen LogP contribution in [0.1, 0.15) is 50.5 Å². The van der Waals surface area contributed by atoms with Gasteiger partial charge in [0.1, 0.15) is 5.75 Å². The van der Waals surface area contributed by atoms with Gasteiger partial charge in [-0.15, -0.1) is 0 Å². The predicted molar refractivity (Wildman–Crippen MR) is 128 cm³/mol. The number of nitrogens with zero attached hydrogens (tertiary/aromatic N) is 3. The molecule has 1 saturated carbocycles. The first-order chi connectivity index (χ1) is 16.9. The third-order valence-electron chi connectivity index (χ3n) is 7.63. The Morgan fingerprint density at radius 3 is 2.51 bits per heavy atom. The molecule has 4 amide bonds. The summed E-state index contributed by atoms with van der Waals surface area (Å²) < 4.78 is 10.4. The highest BCUT2D eigenvalue weighted by Gasteiger charge is 2.54. The number of carbonyl (C=O) groups excluding carboxylic acids is 4. The molecule has 1 aliphatic carbocycles. The molecule has 35 heavy (non-hydrogen) atoms. The zero-order valence-corrected chi connectivity index (χ0v) is 20.7. The van der Waals surface area contributed by atoms with Crippen LogP contribution in [0, 0.1) is 0 Å². The summed E-state index contributed by atoms with van der Waals surface area (Å²) in [7, 11) is 3.04. The summed E-state index contributed by atoms with van der Waals surface area (Å²) in [4.78, 5) is 57.6. The second-order valence-corrected chi connectivity index (χ2v) is 9.71. The molecule has 4 rings (SSSR count). The second kappa shape index (κ2) is 10.8. The zero-order chi connectivity index (χ0) is 25.0. The summed E-state index contributed by atoms with van der Waals surface area (Å²) in [6, 6.07) is 7.24. The van der Waals surface area contributed by atoms with Gasteiger partial charge < -0.3 is 19.3 Å². The lowest BCUT2D eigenvalue weighted by Gasteiger charge is -2.41. The van der Waals surface area contributed by atoms with Crippen molar-refractivity contribution in [3.8, 4) is 5.75 Å². The number of amides is 4. The molecule has 1 aromatic rings. The molecule has 190 valence electrons. The van der Waals surface area contributed by atoms with Gasteiger partial charge in [-0.05, 0) is 30.5 Å². The van der Waals surface area contributed by atoms with Crippen LogP contribution in [0.2, 0.25) is 0 Å². The van der Waals surface area contributed by atoms with Crippen LogP contribution in [0.5, 0.6) is 5.75 Å². The second-order valence-electron chi connectivity index (χ2n) is 9.71. The monoisotopic (exact) mass is 485 g/mol. The summed E-state index contributed by atoms with van der Waals surface area (Å²) in [6.07, 6.45) is 5.24. The molecule has 2 aliphatic heterocycles. The van der Waals surface area contributed by atoms with Crippen LogP contribution in [-0.2, 0) is 29.3 Å². The summed E-state index contributed by atoms with van der Waals surface area (Å²) in [5, 5.41) is 0. The van der Waals surface area contributed by atoms with Gasteiger partial charge >= 0.3 is 0 Å². The van der Waals surface area contributed by atoms with Crippen LogP contribution in [0.4, 0.5) is 0 Å². The quantitative estimate of drug-likeness (QED) is 0.521. The van der Waals surface area contributed by atoms with Crippen LogP contribution in [0.15, 0.2) is 24.3 Å². The molecule has 1 atom stereocenters. The maximum Gasteiger partial charge on any atom is 0.242 e. The van der Waals surface area contributed by atoms with Gasteiger partial charge in [-0.2, -0.15) is 0 Å². The molecular weight excluding hydrogens is 450 g/mol. The Balaban J connectivity index is 1.55. The lowest BCUT2D eigenvalue weighted by molar-refractivity contribution is -0.149. The molecule has 9 nitrogen and oxygen atoms in total. The lowest BCUT2D eigenvalue weighted by Crippen LogP contribution is -2.56. The van der Waals surface area contributed by atoms with Gasteiger partial charge in [0.15, 0.2) is 0 Å². The van der Waals surface area contributed by atoms with Crippen LogP contribution in [0.3, 0.4) is 0 Å². The van der Waals surface area contributed by atoms with Crippen molar-refractivity contribution in [1.29, 1.82) is 0 Å². The van der Waals surface area contributed by atoms with Gasteiger partial charge in [0.05, 0.1) is 32.2 Å². The molecule has 0 aromatic heterocycles. The smallest absolute Gasteiger partial charge is 0.242 e. The first-order valence-corrected chi connectivity index (χ1v) is 12.4. The number of carbonyl (C=O) groups is 4. The van der Waals surface area contributed by atoms with E-state index in [0.717, 1.165) is 25.7 Å². The normalized spacial score (nSPS) is 23.8. The molecule has 3 fully saturated rings. The van der Waals surface area contributed by atoms with Crippen molar-refractivity contribution in [2.75, 3.05) is 47.0 Å². The number of benzene rings is 1. The lowest BCUT2D eigenvalue weighted by atomic mass is 9.75. The fraction of sp³-hybridized carbons (Fsp3) is 0.615. The molecular formula is C26H35N3O6. The van der Waals surface area contributed by atoms with Crippen LogP contribution in [0.25, 0.3) is 0 Å². The minimum Gasteiger partial charge on any atom is -0.497 e. The number of rotatable bonds is 8. The Bertz CT molecular complexity index is 976. The molecule has 3 aliphatic rings. The number of piperazine rings is 1. The summed E-state index contributed by atoms with van der Waals surface area (Å²) in [5.41, 5.74) is -0.768. The Labute approximate surface area is 206 Å². The Morgan fingerprint density at radius 1 is 1.06 bits per heavy atom. The van der Waals surface area contributed by atoms with Crippen molar-refractivity contribution in [3.63, 3.8) is 0 Å². The number of likely N-dealkylation sites (tertiary alicyclic amines) is 1. The number of methoxy groups -OCH3 is 2. The first-order valence-electron chi connectivity index (χ1n) is 12.4. The van der Waals surface area contributed by atoms with Crippen molar-refractivity contribution in [1.82, 2.24) is 14.7 Å². The van der Waals surface area contributed by atoms with Crippen molar-refractivity contribution in [2.24, 2.45) is 0 Å². The SMILES string of the molecule is COCCN1C(=O)CC(CC(=O)N2CCN(C3CCCCC3)C(=O)C2)(c2cccc(OC)c2)C1=O. The number of ether oxygens (including phenoxy) is 2. The fourth-order valence-corrected chi connectivity index (χ4v) is 5.64. The average Bonchev–Trinajstić information content (AvgIpc) is 3.12. The Kier molecular flexibility index (Phi) is 7.74. The van der Waals surface area contributed by atoms with Gasteiger partial charge in [-0.3, -0.25) is 24.1 Å². The molecule has 0 spiro atoms. The summed E-state index contributed by atoms with van der Waals surface area (Å²) in [6.45, 7) is 1.31. The summed E-state index contributed by atoms with van der Waals surface area (Å²) >= 11 is 0. The maximum absolute atomic E-state index is 13.6. The van der Waals surface area contributed by atoms with E-state index in [9.17, 15) is 19.2 Å². The predicted octanol–water partition coefficient (Wildman–Crippen LogP) is 1.73. The fourth-order valence-electron chi connectivity index (χ4n) is 5.64. The van der Waals surface area contributed by atoms with Crippen molar-refractivity contribution < 1.29 is 28.7 Å². The highest BCUT2D eigenvalue weighted by Crippen LogP contribution is 2.41. The van der Waals surface area contributed by atoms with E-state index in [4.69, 9.17) is 9.47 Å². The average molecular weight is 486 g/mol. The molecule has 0 N–H and O–H groups in total. The van der Waals surface area contributed by atoms with Crippen LogP contribution >= 0.6 is 0 Å². The van der Waals surface area contributed by atoms with Gasteiger partial charge in [-0.1, -0.05) is 31.4 Å². The highest BCUT2D eigenvalue weighted by atomic mass is 16.5. The molecule has 0 bridgehead atoms. The van der Waals surface area contributed by atoms with E-state index < -0.39 is 11.3 Å². The summed E-state index contributed by atoms with van der Waals surface area (Å²) in [5.74, 6) is -0.531. The Hall–Kier alpha value is -2.94. The maximum atomic E-state index is 13.6. The standard InChI is InChI=1S/C26H35N3O6/c1-34-14-13-29-23(31)17-26(25(29)33,19-7-6-10-21(15-19)35-2)16-22(30)27-11-12-28(24(32)18-27)20-8-4-3-5-9-20/h6-7,10,15,20H,3-5,8-9,11-14,16-18H2,1-2H3. The molecule has 2 saturated heterocycles. The third kappa shape index (κ3) is 5.05. The van der Waals surface area contributed by atoms with E-state index in [1.807, 2.05) is 4.90 Å². The molecule has 9 heteroatoms. The van der Waals surface area contributed by atoms with Crippen molar-refractivity contribution >= 4 is 23.6 Å². The van der Waals surface area contributed by atoms with Gasteiger partial charge in [-0.25, -0.2) is 0 Å². The van der Waals surface area contributed by atoms with E-state index in [1.165, 1.54) is 25.5 Å². The minimum atomic E-state index is -1.33. The topological polar surface area (TPSA) is 96.5 Å². The van der Waals surface area contributed by atoms with Crippen molar-refractivity contribution in [2.45, 2.75) is 56.4 Å².